The summed E-state index contributed by atoms with van der Waals surface area (Å²) in [7, 11) is 0. The van der Waals surface area contributed by atoms with Crippen LogP contribution >= 0.6 is 0 Å². The average Bonchev–Trinajstić information content (AvgIpc) is 2.28. The monoisotopic (exact) mass is 225 g/mol. The van der Waals surface area contributed by atoms with Crippen LogP contribution in [0, 0.1) is 5.92 Å². The van der Waals surface area contributed by atoms with Crippen LogP contribution in [0.3, 0.4) is 0 Å². The summed E-state index contributed by atoms with van der Waals surface area (Å²) in [5.74, 6) is 0.0966. The van der Waals surface area contributed by atoms with Gasteiger partial charge in [-0.2, -0.15) is 0 Å². The van der Waals surface area contributed by atoms with Crippen molar-refractivity contribution < 1.29 is 9.59 Å². The van der Waals surface area contributed by atoms with Crippen molar-refractivity contribution in [1.82, 2.24) is 10.2 Å². The Kier molecular flexibility index (Phi) is 3.43. The molecule has 0 aromatic rings. The molecule has 1 heterocycles. The molecule has 0 spiro atoms. The van der Waals surface area contributed by atoms with E-state index < -0.39 is 0 Å². The topological polar surface area (TPSA) is 75.4 Å². The van der Waals surface area contributed by atoms with Gasteiger partial charge in [0.2, 0.25) is 11.8 Å². The van der Waals surface area contributed by atoms with Crippen LogP contribution in [0.15, 0.2) is 0 Å². The van der Waals surface area contributed by atoms with Gasteiger partial charge in [0.05, 0.1) is 6.54 Å². The maximum absolute atomic E-state index is 12.1. The lowest BCUT2D eigenvalue weighted by atomic mass is 9.85. The van der Waals surface area contributed by atoms with E-state index in [9.17, 15) is 9.59 Å². The molecule has 2 rings (SSSR count). The molecule has 1 aliphatic carbocycles. The summed E-state index contributed by atoms with van der Waals surface area (Å²) in [6.07, 6.45) is 3.74. The van der Waals surface area contributed by atoms with E-state index >= 15 is 0 Å². The van der Waals surface area contributed by atoms with E-state index in [0.717, 1.165) is 25.7 Å². The zero-order chi connectivity index (χ0) is 11.5. The van der Waals surface area contributed by atoms with Gasteiger partial charge in [-0.1, -0.05) is 6.42 Å². The van der Waals surface area contributed by atoms with Crippen LogP contribution in [0.25, 0.3) is 0 Å². The van der Waals surface area contributed by atoms with Crippen LogP contribution in [0.1, 0.15) is 25.7 Å². The Hall–Kier alpha value is -1.10. The molecule has 2 fully saturated rings. The molecule has 1 saturated heterocycles. The largest absolute Gasteiger partial charge is 0.353 e. The van der Waals surface area contributed by atoms with Crippen LogP contribution in [0.5, 0.6) is 0 Å². The standard InChI is InChI=1S/C11H19N3O2/c12-9-3-1-2-8(6-9)11(16)14-5-4-13-10(15)7-14/h8-9H,1-7,12H2,(H,13,15). The second-order valence-electron chi connectivity index (χ2n) is 4.73. The van der Waals surface area contributed by atoms with Gasteiger partial charge >= 0.3 is 0 Å². The molecule has 0 aromatic carbocycles. The number of carbonyl (C=O) groups is 2. The SMILES string of the molecule is NC1CCCC(C(=O)N2CCNC(=O)C2)C1. The summed E-state index contributed by atoms with van der Waals surface area (Å²) in [4.78, 5) is 25.0. The van der Waals surface area contributed by atoms with Crippen molar-refractivity contribution >= 4 is 11.8 Å². The summed E-state index contributed by atoms with van der Waals surface area (Å²) in [5.41, 5.74) is 5.87. The summed E-state index contributed by atoms with van der Waals surface area (Å²) < 4.78 is 0. The Balaban J connectivity index is 1.92. The van der Waals surface area contributed by atoms with Gasteiger partial charge in [-0.15, -0.1) is 0 Å². The third kappa shape index (κ3) is 2.52. The number of amides is 2. The van der Waals surface area contributed by atoms with Crippen molar-refractivity contribution in [3.05, 3.63) is 0 Å². The van der Waals surface area contributed by atoms with Crippen molar-refractivity contribution in [1.29, 1.82) is 0 Å². The van der Waals surface area contributed by atoms with Crippen LogP contribution in [-0.4, -0.2) is 42.4 Å². The summed E-state index contributed by atoms with van der Waals surface area (Å²) in [6.45, 7) is 1.42. The first-order valence-electron chi connectivity index (χ1n) is 5.98. The van der Waals surface area contributed by atoms with E-state index in [4.69, 9.17) is 5.73 Å². The zero-order valence-electron chi connectivity index (χ0n) is 9.45. The predicted octanol–water partition coefficient (Wildman–Crippen LogP) is -0.538. The maximum atomic E-state index is 12.1. The van der Waals surface area contributed by atoms with E-state index in [0.29, 0.717) is 13.1 Å². The number of nitrogens with zero attached hydrogens (tertiary/aromatic N) is 1. The molecular weight excluding hydrogens is 206 g/mol. The molecule has 1 saturated carbocycles. The number of hydrogen-bond acceptors (Lipinski definition) is 3. The molecule has 2 atom stereocenters. The molecule has 2 aliphatic rings. The lowest BCUT2D eigenvalue weighted by Crippen LogP contribution is -2.52. The first-order chi connectivity index (χ1) is 7.66. The number of nitrogens with one attached hydrogen (secondary N) is 1. The number of hydrogen-bond donors (Lipinski definition) is 2. The third-order valence-electron chi connectivity index (χ3n) is 3.41. The van der Waals surface area contributed by atoms with Crippen LogP contribution in [-0.2, 0) is 9.59 Å². The lowest BCUT2D eigenvalue weighted by Gasteiger charge is -2.33. The van der Waals surface area contributed by atoms with E-state index in [1.54, 1.807) is 4.90 Å². The molecule has 0 aromatic heterocycles. The third-order valence-corrected chi connectivity index (χ3v) is 3.41. The zero-order valence-corrected chi connectivity index (χ0v) is 9.45. The molecule has 0 bridgehead atoms. The Morgan fingerprint density at radius 3 is 2.94 bits per heavy atom. The average molecular weight is 225 g/mol. The van der Waals surface area contributed by atoms with Crippen LogP contribution < -0.4 is 11.1 Å². The van der Waals surface area contributed by atoms with Crippen LogP contribution in [0.4, 0.5) is 0 Å². The quantitative estimate of drug-likeness (QED) is 0.629. The summed E-state index contributed by atoms with van der Waals surface area (Å²) in [6, 6.07) is 0.154. The molecule has 2 unspecified atom stereocenters. The van der Waals surface area contributed by atoms with Crippen LogP contribution in [0.2, 0.25) is 0 Å². The van der Waals surface area contributed by atoms with Gasteiger partial charge in [-0.3, -0.25) is 9.59 Å². The molecule has 90 valence electrons. The van der Waals surface area contributed by atoms with E-state index in [1.165, 1.54) is 0 Å². The highest BCUT2D eigenvalue weighted by Gasteiger charge is 2.30. The first-order valence-corrected chi connectivity index (χ1v) is 5.98. The Labute approximate surface area is 95.3 Å². The highest BCUT2D eigenvalue weighted by Crippen LogP contribution is 2.25. The number of rotatable bonds is 1. The Morgan fingerprint density at radius 2 is 2.25 bits per heavy atom. The van der Waals surface area contributed by atoms with Gasteiger partial charge in [-0.25, -0.2) is 0 Å². The van der Waals surface area contributed by atoms with Crippen molar-refractivity contribution in [2.45, 2.75) is 31.7 Å². The highest BCUT2D eigenvalue weighted by atomic mass is 16.2. The van der Waals surface area contributed by atoms with Gasteiger partial charge in [0.25, 0.3) is 0 Å². The van der Waals surface area contributed by atoms with Gasteiger partial charge in [0, 0.05) is 25.0 Å². The Morgan fingerprint density at radius 1 is 1.44 bits per heavy atom. The van der Waals surface area contributed by atoms with Crippen molar-refractivity contribution in [2.24, 2.45) is 11.7 Å². The lowest BCUT2D eigenvalue weighted by molar-refractivity contribution is -0.142. The molecular formula is C11H19N3O2. The minimum absolute atomic E-state index is 0.0367. The number of piperazine rings is 1. The smallest absolute Gasteiger partial charge is 0.239 e. The van der Waals surface area contributed by atoms with E-state index in [-0.39, 0.29) is 30.3 Å². The molecule has 2 amide bonds. The van der Waals surface area contributed by atoms with Gasteiger partial charge < -0.3 is 16.0 Å². The summed E-state index contributed by atoms with van der Waals surface area (Å²) >= 11 is 0. The maximum Gasteiger partial charge on any atom is 0.239 e. The fraction of sp³-hybridized carbons (Fsp3) is 0.818. The summed E-state index contributed by atoms with van der Waals surface area (Å²) in [5, 5.41) is 2.72. The molecule has 1 aliphatic heterocycles. The minimum Gasteiger partial charge on any atom is -0.353 e. The molecule has 5 nitrogen and oxygen atoms in total. The molecule has 0 radical (unpaired) electrons. The van der Waals surface area contributed by atoms with Crippen molar-refractivity contribution in [2.75, 3.05) is 19.6 Å². The second-order valence-corrected chi connectivity index (χ2v) is 4.73. The second kappa shape index (κ2) is 4.82. The molecule has 5 heteroatoms. The number of nitrogens with two attached hydrogens (primary N) is 1. The normalized spacial score (nSPS) is 31.1. The van der Waals surface area contributed by atoms with E-state index in [2.05, 4.69) is 5.32 Å². The fourth-order valence-corrected chi connectivity index (χ4v) is 2.54. The fourth-order valence-electron chi connectivity index (χ4n) is 2.54. The number of carbonyl (C=O) groups excluding carboxylic acids is 2. The molecule has 3 N–H and O–H groups in total. The molecule has 16 heavy (non-hydrogen) atoms. The van der Waals surface area contributed by atoms with E-state index in [1.807, 2.05) is 0 Å². The Bertz CT molecular complexity index is 293. The van der Waals surface area contributed by atoms with Gasteiger partial charge in [-0.05, 0) is 19.3 Å². The predicted molar refractivity (Wildman–Crippen MR) is 59.5 cm³/mol. The minimum atomic E-state index is -0.0558. The van der Waals surface area contributed by atoms with Gasteiger partial charge in [0.1, 0.15) is 0 Å². The first kappa shape index (κ1) is 11.4. The van der Waals surface area contributed by atoms with Crippen molar-refractivity contribution in [3.8, 4) is 0 Å². The van der Waals surface area contributed by atoms with Gasteiger partial charge in [0.15, 0.2) is 0 Å². The van der Waals surface area contributed by atoms with Crippen molar-refractivity contribution in [3.63, 3.8) is 0 Å². The highest BCUT2D eigenvalue weighted by molar-refractivity contribution is 5.87.